The van der Waals surface area contributed by atoms with Gasteiger partial charge in [0.25, 0.3) is 0 Å². The van der Waals surface area contributed by atoms with Crippen LogP contribution in [0.3, 0.4) is 0 Å². The molecular formula is C6H9NO4S. The summed E-state index contributed by atoms with van der Waals surface area (Å²) >= 11 is 0. The highest BCUT2D eigenvalue weighted by Crippen LogP contribution is 2.43. The third-order valence-corrected chi connectivity index (χ3v) is 5.11. The number of sulfone groups is 1. The standard InChI is InChI=1S/C6H9NO4S/c8-5(9)6-2-7-1-4(6)12(10,11)3-6/h4,7H,1-3H2,(H,8,9)/t4-,6+/m0/s1. The van der Waals surface area contributed by atoms with E-state index >= 15 is 0 Å². The van der Waals surface area contributed by atoms with Gasteiger partial charge in [0.2, 0.25) is 0 Å². The van der Waals surface area contributed by atoms with Crippen LogP contribution in [0.5, 0.6) is 0 Å². The molecule has 0 aromatic carbocycles. The van der Waals surface area contributed by atoms with E-state index in [-0.39, 0.29) is 18.8 Å². The molecule has 0 spiro atoms. The monoisotopic (exact) mass is 191 g/mol. The minimum atomic E-state index is -3.11. The number of aliphatic carboxylic acids is 1. The molecule has 2 atom stereocenters. The van der Waals surface area contributed by atoms with Gasteiger partial charge in [0.15, 0.2) is 9.84 Å². The summed E-state index contributed by atoms with van der Waals surface area (Å²) in [5.74, 6) is -1.19. The molecule has 0 aromatic heterocycles. The molecule has 2 aliphatic rings. The number of carboxylic acid groups (broad SMARTS) is 1. The zero-order valence-corrected chi connectivity index (χ0v) is 7.10. The summed E-state index contributed by atoms with van der Waals surface area (Å²) < 4.78 is 22.2. The van der Waals surface area contributed by atoms with Crippen molar-refractivity contribution < 1.29 is 18.3 Å². The van der Waals surface area contributed by atoms with Crippen molar-refractivity contribution in [3.05, 3.63) is 0 Å². The molecule has 2 rings (SSSR count). The van der Waals surface area contributed by atoms with Crippen LogP contribution in [-0.4, -0.2) is 43.6 Å². The average molecular weight is 191 g/mol. The van der Waals surface area contributed by atoms with Gasteiger partial charge in [0.05, 0.1) is 11.0 Å². The molecule has 2 N–H and O–H groups in total. The molecule has 0 amide bonds. The van der Waals surface area contributed by atoms with E-state index in [0.29, 0.717) is 0 Å². The fourth-order valence-electron chi connectivity index (χ4n) is 1.99. The first kappa shape index (κ1) is 8.00. The molecular weight excluding hydrogens is 182 g/mol. The number of hydrogen-bond donors (Lipinski definition) is 2. The highest BCUT2D eigenvalue weighted by Gasteiger charge is 2.65. The number of nitrogens with one attached hydrogen (secondary N) is 1. The van der Waals surface area contributed by atoms with Crippen molar-refractivity contribution >= 4 is 15.8 Å². The first-order valence-electron chi connectivity index (χ1n) is 3.65. The van der Waals surface area contributed by atoms with Crippen LogP contribution in [0.25, 0.3) is 0 Å². The van der Waals surface area contributed by atoms with Gasteiger partial charge in [-0.2, -0.15) is 0 Å². The smallest absolute Gasteiger partial charge is 0.313 e. The Kier molecular flexibility index (Phi) is 1.33. The summed E-state index contributed by atoms with van der Waals surface area (Å²) in [6, 6.07) is 0. The second-order valence-corrected chi connectivity index (χ2v) is 5.57. The molecule has 0 radical (unpaired) electrons. The lowest BCUT2D eigenvalue weighted by molar-refractivity contribution is -0.147. The van der Waals surface area contributed by atoms with Crippen molar-refractivity contribution in [3.8, 4) is 0 Å². The normalized spacial score (nSPS) is 43.2. The van der Waals surface area contributed by atoms with Crippen LogP contribution in [-0.2, 0) is 14.6 Å². The molecule has 5 nitrogen and oxygen atoms in total. The Hall–Kier alpha value is -0.620. The summed E-state index contributed by atoms with van der Waals surface area (Å²) in [6.07, 6.45) is 0. The molecule has 0 aliphatic carbocycles. The van der Waals surface area contributed by atoms with Crippen LogP contribution in [0, 0.1) is 5.41 Å². The van der Waals surface area contributed by atoms with Gasteiger partial charge < -0.3 is 10.4 Å². The van der Waals surface area contributed by atoms with Gasteiger partial charge in [-0.1, -0.05) is 0 Å². The number of hydrogen-bond acceptors (Lipinski definition) is 4. The van der Waals surface area contributed by atoms with Crippen LogP contribution in [0.2, 0.25) is 0 Å². The van der Waals surface area contributed by atoms with E-state index in [1.165, 1.54) is 0 Å². The fourth-order valence-corrected chi connectivity index (χ4v) is 4.36. The highest BCUT2D eigenvalue weighted by molar-refractivity contribution is 7.93. The summed E-state index contributed by atoms with van der Waals surface area (Å²) in [6.45, 7) is 0.570. The number of carbonyl (C=O) groups is 1. The Balaban J connectivity index is 2.38. The van der Waals surface area contributed by atoms with E-state index in [2.05, 4.69) is 5.32 Å². The molecule has 6 heteroatoms. The fraction of sp³-hybridized carbons (Fsp3) is 0.833. The molecule has 2 aliphatic heterocycles. The first-order valence-corrected chi connectivity index (χ1v) is 5.36. The molecule has 12 heavy (non-hydrogen) atoms. The average Bonchev–Trinajstić information content (AvgIpc) is 2.28. The molecule has 2 saturated heterocycles. The van der Waals surface area contributed by atoms with Gasteiger partial charge in [0.1, 0.15) is 5.41 Å². The van der Waals surface area contributed by atoms with Crippen molar-refractivity contribution in [1.29, 1.82) is 0 Å². The largest absolute Gasteiger partial charge is 0.481 e. The third-order valence-electron chi connectivity index (χ3n) is 2.70. The predicted molar refractivity (Wildman–Crippen MR) is 40.5 cm³/mol. The van der Waals surface area contributed by atoms with Gasteiger partial charge in [-0.05, 0) is 0 Å². The second kappa shape index (κ2) is 2.00. The summed E-state index contributed by atoms with van der Waals surface area (Å²) in [4.78, 5) is 10.8. The van der Waals surface area contributed by atoms with Gasteiger partial charge in [-0.15, -0.1) is 0 Å². The van der Waals surface area contributed by atoms with E-state index in [0.717, 1.165) is 0 Å². The Morgan fingerprint density at radius 2 is 2.25 bits per heavy atom. The Morgan fingerprint density at radius 1 is 1.58 bits per heavy atom. The van der Waals surface area contributed by atoms with Crippen LogP contribution in [0.1, 0.15) is 0 Å². The first-order chi connectivity index (χ1) is 5.49. The minimum Gasteiger partial charge on any atom is -0.481 e. The zero-order valence-electron chi connectivity index (χ0n) is 6.28. The maximum Gasteiger partial charge on any atom is 0.313 e. The van der Waals surface area contributed by atoms with Crippen LogP contribution < -0.4 is 5.32 Å². The molecule has 2 fully saturated rings. The highest BCUT2D eigenvalue weighted by atomic mass is 32.2. The van der Waals surface area contributed by atoms with Crippen molar-refractivity contribution in [2.75, 3.05) is 18.8 Å². The van der Waals surface area contributed by atoms with Crippen molar-refractivity contribution in [3.63, 3.8) is 0 Å². The topological polar surface area (TPSA) is 83.5 Å². The zero-order chi connectivity index (χ0) is 8.98. The molecule has 0 aromatic rings. The lowest BCUT2D eigenvalue weighted by atomic mass is 9.88. The summed E-state index contributed by atoms with van der Waals surface area (Å²) in [7, 11) is -3.11. The molecule has 68 valence electrons. The third kappa shape index (κ3) is 0.714. The molecule has 2 heterocycles. The van der Waals surface area contributed by atoms with Gasteiger partial charge in [-0.25, -0.2) is 8.42 Å². The van der Waals surface area contributed by atoms with Gasteiger partial charge in [-0.3, -0.25) is 4.79 Å². The Bertz CT molecular complexity index is 335. The Morgan fingerprint density at radius 3 is 2.67 bits per heavy atom. The van der Waals surface area contributed by atoms with E-state index in [4.69, 9.17) is 5.11 Å². The number of carboxylic acids is 1. The molecule has 0 saturated carbocycles. The van der Waals surface area contributed by atoms with Crippen molar-refractivity contribution in [1.82, 2.24) is 5.32 Å². The number of fused-ring (bicyclic) bond motifs is 1. The van der Waals surface area contributed by atoms with Crippen LogP contribution in [0.15, 0.2) is 0 Å². The Labute approximate surface area is 69.7 Å². The maximum absolute atomic E-state index is 11.1. The lowest BCUT2D eigenvalue weighted by Crippen LogP contribution is -2.61. The van der Waals surface area contributed by atoms with Crippen LogP contribution >= 0.6 is 0 Å². The predicted octanol–water partition coefficient (Wildman–Crippen LogP) is -1.54. The van der Waals surface area contributed by atoms with Crippen LogP contribution in [0.4, 0.5) is 0 Å². The number of rotatable bonds is 1. The van der Waals surface area contributed by atoms with E-state index < -0.39 is 26.5 Å². The quantitative estimate of drug-likeness (QED) is 0.524. The van der Waals surface area contributed by atoms with Crippen molar-refractivity contribution in [2.45, 2.75) is 5.25 Å². The molecule has 0 bridgehead atoms. The summed E-state index contributed by atoms with van der Waals surface area (Å²) in [5, 5.41) is 10.9. The van der Waals surface area contributed by atoms with Crippen molar-refractivity contribution in [2.24, 2.45) is 5.41 Å². The minimum absolute atomic E-state index is 0.201. The van der Waals surface area contributed by atoms with Gasteiger partial charge in [0, 0.05) is 13.1 Å². The molecule has 0 unspecified atom stereocenters. The maximum atomic E-state index is 11.1. The SMILES string of the molecule is O=C(O)[C@@]12CNC[C@@H]1S(=O)(=O)C2. The summed E-state index contributed by atoms with van der Waals surface area (Å²) in [5.41, 5.74) is -1.02. The lowest BCUT2D eigenvalue weighted by Gasteiger charge is -2.38. The van der Waals surface area contributed by atoms with E-state index in [9.17, 15) is 13.2 Å². The second-order valence-electron chi connectivity index (χ2n) is 3.39. The van der Waals surface area contributed by atoms with Gasteiger partial charge >= 0.3 is 5.97 Å². The van der Waals surface area contributed by atoms with E-state index in [1.807, 2.05) is 0 Å². The van der Waals surface area contributed by atoms with E-state index in [1.54, 1.807) is 0 Å².